The molecular weight excluding hydrogens is 262 g/mol. The van der Waals surface area contributed by atoms with E-state index in [1.165, 1.54) is 12.8 Å². The summed E-state index contributed by atoms with van der Waals surface area (Å²) < 4.78 is 3.14. The maximum atomic E-state index is 3.84. The zero-order chi connectivity index (χ0) is 5.33. The average Bonchev–Trinajstić information content (AvgIpc) is 1.84. The third-order valence-electron chi connectivity index (χ3n) is 1.50. The fourth-order valence-corrected chi connectivity index (χ4v) is 10.0. The van der Waals surface area contributed by atoms with Crippen LogP contribution in [0.4, 0.5) is 0 Å². The molecule has 1 aliphatic rings. The van der Waals surface area contributed by atoms with Crippen LogP contribution in [-0.4, -0.2) is 16.6 Å². The zero-order valence-electron chi connectivity index (χ0n) is 4.65. The normalized spacial score (nSPS) is 28.3. The van der Waals surface area contributed by atoms with Crippen LogP contribution in [0.25, 0.3) is 0 Å². The number of halogens is 1. The topological polar surface area (TPSA) is 0 Å². The van der Waals surface area contributed by atoms with Crippen molar-refractivity contribution >= 4 is 29.1 Å². The van der Waals surface area contributed by atoms with E-state index in [9.17, 15) is 0 Å². The Morgan fingerprint density at radius 1 is 1.29 bits per heavy atom. The van der Waals surface area contributed by atoms with E-state index in [4.69, 9.17) is 0 Å². The minimum absolute atomic E-state index is 1.27. The van der Waals surface area contributed by atoms with E-state index < -0.39 is 16.6 Å². The Balaban J connectivity index is 2.40. The molecule has 1 rings (SSSR count). The van der Waals surface area contributed by atoms with Gasteiger partial charge in [0.05, 0.1) is 0 Å². The zero-order valence-corrected chi connectivity index (χ0v) is 8.79. The van der Waals surface area contributed by atoms with E-state index in [1.54, 1.807) is 8.73 Å². The van der Waals surface area contributed by atoms with E-state index in [2.05, 4.69) is 17.5 Å². The summed E-state index contributed by atoms with van der Waals surface area (Å²) in [6.07, 6.45) is 3.01. The summed E-state index contributed by atoms with van der Waals surface area (Å²) in [5.74, 6) is 0. The third-order valence-corrected chi connectivity index (χ3v) is 13.4. The van der Waals surface area contributed by atoms with Crippen molar-refractivity contribution in [2.75, 3.05) is 0 Å². The van der Waals surface area contributed by atoms with Gasteiger partial charge in [0.2, 0.25) is 0 Å². The van der Waals surface area contributed by atoms with Crippen molar-refractivity contribution in [3.63, 3.8) is 0 Å². The molecule has 7 heavy (non-hydrogen) atoms. The Hall–Kier alpha value is 1.30. The molecule has 0 unspecified atom stereocenters. The first-order valence-electron chi connectivity index (χ1n) is 2.75. The molecule has 0 atom stereocenters. The van der Waals surface area contributed by atoms with Gasteiger partial charge in [0, 0.05) is 0 Å². The van der Waals surface area contributed by atoms with E-state index in [0.29, 0.717) is 0 Å². The number of rotatable bonds is 0. The van der Waals surface area contributed by atoms with Crippen LogP contribution in [0.1, 0.15) is 12.8 Å². The SMILES string of the molecule is [CH3][Sb]1([Br])[CH2]CC[CH2]1. The van der Waals surface area contributed by atoms with Crippen molar-refractivity contribution in [3.05, 3.63) is 0 Å². The molecule has 0 spiro atoms. The summed E-state index contributed by atoms with van der Waals surface area (Å²) in [7, 11) is 0. The Kier molecular flexibility index (Phi) is 2.08. The summed E-state index contributed by atoms with van der Waals surface area (Å²) in [6.45, 7) is 0. The fraction of sp³-hybridized carbons (Fsp3) is 1.00. The summed E-state index contributed by atoms with van der Waals surface area (Å²) >= 11 is 2.57. The first-order chi connectivity index (χ1) is 3.21. The maximum absolute atomic E-state index is 3.84. The molecule has 43 valence electrons. The predicted octanol–water partition coefficient (Wildman–Crippen LogP) is 2.75. The fourth-order valence-electron chi connectivity index (χ4n) is 0.995. The molecule has 0 saturated carbocycles. The van der Waals surface area contributed by atoms with Crippen molar-refractivity contribution in [3.8, 4) is 0 Å². The molecule has 1 fully saturated rings. The molecule has 0 bridgehead atoms. The molecular formula is C5H11BrSb. The van der Waals surface area contributed by atoms with Crippen LogP contribution in [0.2, 0.25) is 13.6 Å². The van der Waals surface area contributed by atoms with Crippen LogP contribution in [0, 0.1) is 0 Å². The molecule has 0 aromatic heterocycles. The average molecular weight is 273 g/mol. The van der Waals surface area contributed by atoms with Crippen LogP contribution in [0.15, 0.2) is 0 Å². The molecule has 0 amide bonds. The van der Waals surface area contributed by atoms with Gasteiger partial charge in [-0.15, -0.1) is 0 Å². The Morgan fingerprint density at radius 3 is 1.86 bits per heavy atom. The Bertz CT molecular complexity index is 62.5. The summed E-state index contributed by atoms with van der Waals surface area (Å²) in [4.78, 5) is 2.48. The van der Waals surface area contributed by atoms with Crippen LogP contribution >= 0.6 is 12.6 Å². The van der Waals surface area contributed by atoms with Gasteiger partial charge in [-0.05, 0) is 0 Å². The predicted molar refractivity (Wildman–Crippen MR) is 39.4 cm³/mol. The van der Waals surface area contributed by atoms with Crippen molar-refractivity contribution < 1.29 is 0 Å². The Morgan fingerprint density at radius 2 is 1.71 bits per heavy atom. The van der Waals surface area contributed by atoms with Crippen LogP contribution in [-0.2, 0) is 0 Å². The Labute approximate surface area is 55.4 Å². The molecule has 1 saturated heterocycles. The van der Waals surface area contributed by atoms with Gasteiger partial charge in [0.1, 0.15) is 0 Å². The van der Waals surface area contributed by atoms with Gasteiger partial charge in [0.15, 0.2) is 0 Å². The van der Waals surface area contributed by atoms with E-state index in [0.717, 1.165) is 0 Å². The van der Waals surface area contributed by atoms with Crippen molar-refractivity contribution in [2.24, 2.45) is 0 Å². The van der Waals surface area contributed by atoms with Crippen molar-refractivity contribution in [1.82, 2.24) is 0 Å². The molecule has 1 heterocycles. The van der Waals surface area contributed by atoms with Gasteiger partial charge in [-0.1, -0.05) is 0 Å². The van der Waals surface area contributed by atoms with Crippen LogP contribution in [0.5, 0.6) is 0 Å². The first-order valence-corrected chi connectivity index (χ1v) is 14.6. The minimum atomic E-state index is -1.27. The summed E-state index contributed by atoms with van der Waals surface area (Å²) in [5, 5.41) is 0. The van der Waals surface area contributed by atoms with E-state index >= 15 is 0 Å². The molecule has 0 nitrogen and oxygen atoms in total. The second-order valence-electron chi connectivity index (χ2n) is 2.42. The second-order valence-corrected chi connectivity index (χ2v) is 23.7. The quantitative estimate of drug-likeness (QED) is 0.595. The first kappa shape index (κ1) is 6.42. The van der Waals surface area contributed by atoms with Crippen molar-refractivity contribution in [2.45, 2.75) is 26.4 Å². The van der Waals surface area contributed by atoms with Gasteiger partial charge < -0.3 is 0 Å². The van der Waals surface area contributed by atoms with Gasteiger partial charge in [-0.3, -0.25) is 0 Å². The van der Waals surface area contributed by atoms with Crippen LogP contribution < -0.4 is 0 Å². The summed E-state index contributed by atoms with van der Waals surface area (Å²) in [6, 6.07) is 0. The number of hydrogen-bond acceptors (Lipinski definition) is 0. The van der Waals surface area contributed by atoms with Gasteiger partial charge >= 0.3 is 55.6 Å². The molecule has 0 N–H and O–H groups in total. The van der Waals surface area contributed by atoms with Crippen molar-refractivity contribution in [1.29, 1.82) is 0 Å². The monoisotopic (exact) mass is 271 g/mol. The van der Waals surface area contributed by atoms with E-state index in [1.807, 2.05) is 0 Å². The summed E-state index contributed by atoms with van der Waals surface area (Å²) in [5.41, 5.74) is 0. The van der Waals surface area contributed by atoms with Crippen LogP contribution in [0.3, 0.4) is 0 Å². The molecule has 0 aromatic rings. The molecule has 2 heteroatoms. The van der Waals surface area contributed by atoms with Gasteiger partial charge in [-0.2, -0.15) is 0 Å². The second kappa shape index (κ2) is 2.27. The molecule has 0 aliphatic carbocycles. The number of hydrogen-bond donors (Lipinski definition) is 0. The van der Waals surface area contributed by atoms with Gasteiger partial charge in [-0.25, -0.2) is 0 Å². The molecule has 1 aliphatic heterocycles. The van der Waals surface area contributed by atoms with Gasteiger partial charge in [0.25, 0.3) is 0 Å². The van der Waals surface area contributed by atoms with E-state index in [-0.39, 0.29) is 0 Å². The standard InChI is InChI=1S/C4H8.CH3.BrH.Sb/c1-3-4-2;;;/h1-4H2;1H3;1H;/q;;;+1/p-1. The molecule has 0 aromatic carbocycles. The third kappa shape index (κ3) is 1.93. The molecule has 1 radical (unpaired) electrons.